The Morgan fingerprint density at radius 3 is 2.50 bits per heavy atom. The van der Waals surface area contributed by atoms with Crippen molar-refractivity contribution in [2.24, 2.45) is 0 Å². The van der Waals surface area contributed by atoms with Gasteiger partial charge in [0.2, 0.25) is 0 Å². The summed E-state index contributed by atoms with van der Waals surface area (Å²) in [5, 5.41) is 4.92. The Balaban J connectivity index is 1.38. The third-order valence-electron chi connectivity index (χ3n) is 7.08. The van der Waals surface area contributed by atoms with Gasteiger partial charge in [0.15, 0.2) is 0 Å². The van der Waals surface area contributed by atoms with Crippen molar-refractivity contribution < 1.29 is 13.9 Å². The minimum Gasteiger partial charge on any atom is -0.489 e. The molecule has 8 heteroatoms. The molecule has 0 saturated carbocycles. The Hall–Kier alpha value is -3.75. The lowest BCUT2D eigenvalue weighted by Gasteiger charge is -2.14. The van der Waals surface area contributed by atoms with E-state index < -0.39 is 0 Å². The first kappa shape index (κ1) is 29.7. The number of halogens is 1. The normalized spacial score (nSPS) is 14.2. The first-order chi connectivity index (χ1) is 20.5. The standard InChI is InChI=1S/C34H34FN3O2S2/c1-2-3-4-5-6-10-20-37-33(39)31(42-34(37)41)22-27-23-38(29-13-8-7-9-14-29)36-32(27)26-12-11-15-30(21-26)40-24-25-16-18-28(35)19-17-25/h7-9,11-19,21-23H,2-6,10,20,24H2,1H3/b31-22-. The number of unbranched alkanes of at least 4 members (excludes halogenated alkanes) is 5. The fourth-order valence-electron chi connectivity index (χ4n) is 4.79. The molecule has 0 N–H and O–H groups in total. The van der Waals surface area contributed by atoms with Gasteiger partial charge in [-0.05, 0) is 54.5 Å². The van der Waals surface area contributed by atoms with Crippen molar-refractivity contribution in [3.8, 4) is 22.7 Å². The number of aromatic nitrogens is 2. The van der Waals surface area contributed by atoms with Gasteiger partial charge < -0.3 is 4.74 Å². The predicted molar refractivity (Wildman–Crippen MR) is 173 cm³/mol. The monoisotopic (exact) mass is 599 g/mol. The van der Waals surface area contributed by atoms with E-state index in [1.807, 2.05) is 71.6 Å². The lowest BCUT2D eigenvalue weighted by Crippen LogP contribution is -2.29. The zero-order chi connectivity index (χ0) is 29.3. The smallest absolute Gasteiger partial charge is 0.266 e. The Kier molecular flexibility index (Phi) is 10.2. The molecule has 1 aliphatic heterocycles. The number of hydrogen-bond acceptors (Lipinski definition) is 5. The average molecular weight is 600 g/mol. The molecule has 1 aliphatic rings. The summed E-state index contributed by atoms with van der Waals surface area (Å²) >= 11 is 6.95. The van der Waals surface area contributed by atoms with Crippen LogP contribution in [0.1, 0.15) is 56.6 Å². The SMILES string of the molecule is CCCCCCCCN1C(=O)/C(=C/c2cn(-c3ccccc3)nc2-c2cccc(OCc3ccc(F)cc3)c2)SC1=S. The van der Waals surface area contributed by atoms with Gasteiger partial charge in [0, 0.05) is 23.9 Å². The van der Waals surface area contributed by atoms with Gasteiger partial charge >= 0.3 is 0 Å². The van der Waals surface area contributed by atoms with Crippen LogP contribution in [0.25, 0.3) is 23.0 Å². The summed E-state index contributed by atoms with van der Waals surface area (Å²) in [4.78, 5) is 15.7. The number of thiocarbonyl (C=S) groups is 1. The number of thioether (sulfide) groups is 1. The molecule has 0 unspecified atom stereocenters. The highest BCUT2D eigenvalue weighted by Crippen LogP contribution is 2.35. The summed E-state index contributed by atoms with van der Waals surface area (Å²) in [6.45, 7) is 3.18. The van der Waals surface area contributed by atoms with Crippen LogP contribution in [-0.2, 0) is 11.4 Å². The van der Waals surface area contributed by atoms with E-state index in [9.17, 15) is 9.18 Å². The van der Waals surface area contributed by atoms with E-state index in [4.69, 9.17) is 22.1 Å². The molecule has 1 amide bonds. The molecule has 1 aromatic heterocycles. The number of para-hydroxylation sites is 1. The van der Waals surface area contributed by atoms with Crippen LogP contribution in [0.3, 0.4) is 0 Å². The van der Waals surface area contributed by atoms with Gasteiger partial charge in [-0.2, -0.15) is 5.10 Å². The van der Waals surface area contributed by atoms with Crippen LogP contribution in [0.5, 0.6) is 5.75 Å². The summed E-state index contributed by atoms with van der Waals surface area (Å²) in [5.74, 6) is 0.345. The molecule has 42 heavy (non-hydrogen) atoms. The maximum Gasteiger partial charge on any atom is 0.266 e. The Labute approximate surface area is 256 Å². The highest BCUT2D eigenvalue weighted by Gasteiger charge is 2.32. The van der Waals surface area contributed by atoms with Crippen LogP contribution in [-0.4, -0.2) is 31.5 Å². The summed E-state index contributed by atoms with van der Waals surface area (Å²) < 4.78 is 21.7. The minimum absolute atomic E-state index is 0.0478. The van der Waals surface area contributed by atoms with Crippen LogP contribution in [0.15, 0.2) is 90.0 Å². The molecule has 3 aromatic carbocycles. The van der Waals surface area contributed by atoms with Crippen molar-refractivity contribution in [1.29, 1.82) is 0 Å². The minimum atomic E-state index is -0.276. The van der Waals surface area contributed by atoms with Crippen molar-refractivity contribution in [3.63, 3.8) is 0 Å². The molecule has 1 saturated heterocycles. The molecule has 5 rings (SSSR count). The van der Waals surface area contributed by atoms with Gasteiger partial charge in [0.1, 0.15) is 28.2 Å². The van der Waals surface area contributed by atoms with E-state index in [2.05, 4.69) is 6.92 Å². The van der Waals surface area contributed by atoms with Gasteiger partial charge in [-0.3, -0.25) is 9.69 Å². The van der Waals surface area contributed by atoms with Gasteiger partial charge in [0.05, 0.1) is 10.6 Å². The molecular weight excluding hydrogens is 566 g/mol. The lowest BCUT2D eigenvalue weighted by atomic mass is 10.1. The molecule has 2 heterocycles. The number of nitrogens with zero attached hydrogens (tertiary/aromatic N) is 3. The Morgan fingerprint density at radius 1 is 0.952 bits per heavy atom. The second-order valence-corrected chi connectivity index (χ2v) is 11.9. The van der Waals surface area contributed by atoms with Crippen LogP contribution in [0.2, 0.25) is 0 Å². The molecule has 0 radical (unpaired) electrons. The quantitative estimate of drug-likeness (QED) is 0.0873. The maximum atomic E-state index is 13.4. The molecule has 0 atom stereocenters. The predicted octanol–water partition coefficient (Wildman–Crippen LogP) is 8.82. The Bertz CT molecular complexity index is 1550. The molecule has 5 nitrogen and oxygen atoms in total. The van der Waals surface area contributed by atoms with Crippen molar-refractivity contribution in [1.82, 2.24) is 14.7 Å². The average Bonchev–Trinajstić information content (AvgIpc) is 3.55. The highest BCUT2D eigenvalue weighted by atomic mass is 32.2. The molecule has 4 aromatic rings. The van der Waals surface area contributed by atoms with Gasteiger partial charge in [-0.25, -0.2) is 9.07 Å². The second kappa shape index (κ2) is 14.4. The van der Waals surface area contributed by atoms with Crippen molar-refractivity contribution in [3.05, 3.63) is 107 Å². The number of amides is 1. The number of ether oxygens (including phenoxy) is 1. The molecular formula is C34H34FN3O2S2. The first-order valence-corrected chi connectivity index (χ1v) is 15.6. The van der Waals surface area contributed by atoms with Crippen LogP contribution < -0.4 is 4.74 Å². The summed E-state index contributed by atoms with van der Waals surface area (Å²) in [5.41, 5.74) is 4.19. The third-order valence-corrected chi connectivity index (χ3v) is 8.46. The van der Waals surface area contributed by atoms with Gasteiger partial charge in [0.25, 0.3) is 5.91 Å². The fourth-order valence-corrected chi connectivity index (χ4v) is 6.09. The zero-order valence-electron chi connectivity index (χ0n) is 23.7. The van der Waals surface area contributed by atoms with Crippen molar-refractivity contribution in [2.45, 2.75) is 52.1 Å². The van der Waals surface area contributed by atoms with Crippen molar-refractivity contribution in [2.75, 3.05) is 6.54 Å². The van der Waals surface area contributed by atoms with E-state index >= 15 is 0 Å². The van der Waals surface area contributed by atoms with E-state index in [0.717, 1.165) is 40.9 Å². The number of rotatable bonds is 13. The molecule has 216 valence electrons. The molecule has 0 bridgehead atoms. The number of carbonyl (C=O) groups is 1. The van der Waals surface area contributed by atoms with Crippen LogP contribution in [0.4, 0.5) is 4.39 Å². The first-order valence-electron chi connectivity index (χ1n) is 14.4. The molecule has 1 fully saturated rings. The maximum absolute atomic E-state index is 13.4. The molecule has 0 spiro atoms. The summed E-state index contributed by atoms with van der Waals surface area (Å²) in [6, 6.07) is 23.9. The van der Waals surface area contributed by atoms with Gasteiger partial charge in [-0.1, -0.05) is 105 Å². The third kappa shape index (κ3) is 7.55. The van der Waals surface area contributed by atoms with E-state index in [-0.39, 0.29) is 11.7 Å². The summed E-state index contributed by atoms with van der Waals surface area (Å²) in [7, 11) is 0. The second-order valence-electron chi connectivity index (χ2n) is 10.3. The number of hydrogen-bond donors (Lipinski definition) is 0. The van der Waals surface area contributed by atoms with E-state index in [1.54, 1.807) is 17.0 Å². The van der Waals surface area contributed by atoms with E-state index in [1.165, 1.54) is 49.6 Å². The number of benzene rings is 3. The lowest BCUT2D eigenvalue weighted by molar-refractivity contribution is -0.122. The largest absolute Gasteiger partial charge is 0.489 e. The fraction of sp³-hybridized carbons (Fsp3) is 0.265. The Morgan fingerprint density at radius 2 is 1.71 bits per heavy atom. The van der Waals surface area contributed by atoms with Crippen LogP contribution >= 0.6 is 24.0 Å². The van der Waals surface area contributed by atoms with Crippen molar-refractivity contribution >= 4 is 40.3 Å². The summed E-state index contributed by atoms with van der Waals surface area (Å²) in [6.07, 6.45) is 10.8. The van der Waals surface area contributed by atoms with Gasteiger partial charge in [-0.15, -0.1) is 0 Å². The number of carbonyl (C=O) groups excluding carboxylic acids is 1. The zero-order valence-corrected chi connectivity index (χ0v) is 25.3. The highest BCUT2D eigenvalue weighted by molar-refractivity contribution is 8.26. The molecule has 0 aliphatic carbocycles. The van der Waals surface area contributed by atoms with E-state index in [0.29, 0.717) is 28.1 Å². The topological polar surface area (TPSA) is 47.4 Å². The van der Waals surface area contributed by atoms with Crippen LogP contribution in [0, 0.1) is 5.82 Å².